The third-order valence-electron chi connectivity index (χ3n) is 0. The molecule has 0 atom stereocenters. The molecule has 0 aromatic carbocycles. The summed E-state index contributed by atoms with van der Waals surface area (Å²) in [6.45, 7) is 0. The van der Waals surface area contributed by atoms with Gasteiger partial charge in [-0.05, 0) is 0 Å². The smallest absolute Gasteiger partial charge is 0.222 e. The summed E-state index contributed by atoms with van der Waals surface area (Å²) in [7, 11) is -24.7. The second-order valence-corrected chi connectivity index (χ2v) is 5.67. The molecule has 20 nitrogen and oxygen atoms in total. The third kappa shape index (κ3) is 4320. The van der Waals surface area contributed by atoms with Crippen molar-refractivity contribution in [3.63, 3.8) is 0 Å². The van der Waals surface area contributed by atoms with Gasteiger partial charge >= 0.3 is 44.7 Å². The SMILES string of the molecule is [Cr+3].[O-][Cl+3]([O-])([O-])[O-].[O-][Cl+3]([O-])([O-])[O-].[O-][Cl+3]([O-])([O-])[O-].[O-][Cl+3]([O-])([O-])[O-].[O-][Cl+3]([O-])([O-])[O-].[Pb+2]. The minimum Gasteiger partial charge on any atom is -0.222 e. The van der Waals surface area contributed by atoms with Crippen LogP contribution in [0.3, 0.4) is 0 Å². The van der Waals surface area contributed by atoms with Crippen LogP contribution in [-0.2, 0) is 17.4 Å². The Kier molecular flexibility index (Phi) is 34.9. The summed E-state index contributed by atoms with van der Waals surface area (Å²) in [6, 6.07) is 0. The van der Waals surface area contributed by atoms with Crippen molar-refractivity contribution in [1.82, 2.24) is 0 Å². The topological polar surface area (TPSA) is 461 Å². The van der Waals surface area contributed by atoms with Crippen molar-refractivity contribution in [3.8, 4) is 0 Å². The average molecular weight is 756 g/mol. The van der Waals surface area contributed by atoms with Gasteiger partial charge in [-0.3, -0.25) is 0 Å². The fourth-order valence-corrected chi connectivity index (χ4v) is 0. The normalized spacial score (nSPS) is 11.1. The molecule has 0 bridgehead atoms. The molecule has 0 aliphatic carbocycles. The molecule has 0 aromatic heterocycles. The second kappa shape index (κ2) is 20.0. The number of hydrogen-bond donors (Lipinski definition) is 0. The van der Waals surface area contributed by atoms with Crippen LogP contribution in [0.4, 0.5) is 0 Å². The first-order valence-corrected chi connectivity index (χ1v) is 9.26. The molecule has 0 fully saturated rings. The van der Waals surface area contributed by atoms with Crippen molar-refractivity contribution < 1.29 is 162 Å². The molecule has 0 aliphatic heterocycles. The molecule has 0 saturated heterocycles. The summed E-state index contributed by atoms with van der Waals surface area (Å²) in [5, 5.41) is 0. The average Bonchev–Trinajstić information content (AvgIpc) is 1.79. The fourth-order valence-electron chi connectivity index (χ4n) is 0. The van der Waals surface area contributed by atoms with Crippen molar-refractivity contribution >= 4 is 27.3 Å². The van der Waals surface area contributed by atoms with E-state index in [0.29, 0.717) is 0 Å². The molecule has 0 N–H and O–H groups in total. The minimum absolute atomic E-state index is 0. The van der Waals surface area contributed by atoms with E-state index in [2.05, 4.69) is 0 Å². The van der Waals surface area contributed by atoms with Gasteiger partial charge in [-0.15, -0.1) is 51.2 Å². The molecular formula is Cl5CrO20Pb. The second-order valence-electron chi connectivity index (χ2n) is 1.89. The molecule has 0 heterocycles. The van der Waals surface area contributed by atoms with Crippen LogP contribution in [0, 0.1) is 51.2 Å². The zero-order valence-electron chi connectivity index (χ0n) is 11.0. The summed E-state index contributed by atoms with van der Waals surface area (Å²) in [4.78, 5) is 0. The summed E-state index contributed by atoms with van der Waals surface area (Å²) >= 11 is 0. The van der Waals surface area contributed by atoms with E-state index in [0.717, 1.165) is 0 Å². The Hall–Kier alpha value is 2.10. The van der Waals surface area contributed by atoms with E-state index in [1.54, 1.807) is 0 Å². The van der Waals surface area contributed by atoms with Crippen LogP contribution in [-0.4, -0.2) is 27.3 Å². The monoisotopic (exact) mass is 755 g/mol. The van der Waals surface area contributed by atoms with Gasteiger partial charge in [0.05, 0.1) is 0 Å². The van der Waals surface area contributed by atoms with Crippen LogP contribution in [0.15, 0.2) is 0 Å². The number of hydrogen-bond acceptors (Lipinski definition) is 20. The van der Waals surface area contributed by atoms with Gasteiger partial charge in [-0.2, -0.15) is 0 Å². The van der Waals surface area contributed by atoms with Crippen LogP contribution in [0.5, 0.6) is 0 Å². The minimum atomic E-state index is -4.94. The predicted molar refractivity (Wildman–Crippen MR) is 5.75 cm³/mol. The van der Waals surface area contributed by atoms with Gasteiger partial charge in [0.25, 0.3) is 0 Å². The van der Waals surface area contributed by atoms with E-state index < -0.39 is 51.2 Å². The van der Waals surface area contributed by atoms with Gasteiger partial charge in [-0.1, -0.05) is 0 Å². The first kappa shape index (κ1) is 47.0. The molecule has 0 saturated carbocycles. The molecule has 0 aromatic rings. The quantitative estimate of drug-likeness (QED) is 0.207. The van der Waals surface area contributed by atoms with Gasteiger partial charge in [0.15, 0.2) is 0 Å². The summed E-state index contributed by atoms with van der Waals surface area (Å²) < 4.78 is 170. The van der Waals surface area contributed by atoms with Gasteiger partial charge in [-0.25, -0.2) is 93.2 Å². The van der Waals surface area contributed by atoms with Crippen LogP contribution in [0.25, 0.3) is 0 Å². The molecular weight excluding hydrogens is 756 g/mol. The van der Waals surface area contributed by atoms with Crippen LogP contribution < -0.4 is 93.2 Å². The maximum Gasteiger partial charge on any atom is 3.00 e. The van der Waals surface area contributed by atoms with Crippen molar-refractivity contribution in [2.45, 2.75) is 0 Å². The zero-order valence-corrected chi connectivity index (χ0v) is 19.9. The molecule has 3 radical (unpaired) electrons. The Balaban J connectivity index is -0.0000000364. The van der Waals surface area contributed by atoms with E-state index in [4.69, 9.17) is 93.2 Å². The van der Waals surface area contributed by atoms with Gasteiger partial charge in [0, 0.05) is 0 Å². The van der Waals surface area contributed by atoms with Crippen molar-refractivity contribution in [3.05, 3.63) is 0 Å². The molecule has 0 rings (SSSR count). The molecule has 0 amide bonds. The van der Waals surface area contributed by atoms with E-state index in [1.807, 2.05) is 0 Å². The van der Waals surface area contributed by atoms with Gasteiger partial charge < -0.3 is 0 Å². The van der Waals surface area contributed by atoms with Crippen LogP contribution >= 0.6 is 0 Å². The molecule has 0 aliphatic rings. The Labute approximate surface area is 188 Å². The Morgan fingerprint density at radius 1 is 0.222 bits per heavy atom. The summed E-state index contributed by atoms with van der Waals surface area (Å²) in [5.74, 6) is 0. The van der Waals surface area contributed by atoms with E-state index >= 15 is 0 Å². The van der Waals surface area contributed by atoms with Crippen molar-refractivity contribution in [2.24, 2.45) is 0 Å². The predicted octanol–water partition coefficient (Wildman–Crippen LogP) is -24.2. The van der Waals surface area contributed by atoms with E-state index in [9.17, 15) is 0 Å². The van der Waals surface area contributed by atoms with Crippen molar-refractivity contribution in [2.75, 3.05) is 0 Å². The zero-order chi connectivity index (χ0) is 22.5. The molecule has 0 unspecified atom stereocenters. The van der Waals surface area contributed by atoms with E-state index in [-0.39, 0.29) is 44.7 Å². The Bertz CT molecular complexity index is 178. The largest absolute Gasteiger partial charge is 3.00 e. The molecule has 27 heteroatoms. The molecule has 165 valence electrons. The first-order chi connectivity index (χ1) is 10.0. The maximum atomic E-state index is 8.49. The van der Waals surface area contributed by atoms with Crippen LogP contribution in [0.2, 0.25) is 0 Å². The molecule has 27 heavy (non-hydrogen) atoms. The third-order valence-corrected chi connectivity index (χ3v) is 0. The number of rotatable bonds is 0. The summed E-state index contributed by atoms with van der Waals surface area (Å²) in [5.41, 5.74) is 0. The fraction of sp³-hybridized carbons (Fsp3) is 0. The maximum absolute atomic E-state index is 8.49. The van der Waals surface area contributed by atoms with Crippen LogP contribution in [0.1, 0.15) is 0 Å². The summed E-state index contributed by atoms with van der Waals surface area (Å²) in [6.07, 6.45) is 0. The first-order valence-electron chi connectivity index (χ1n) is 3.09. The van der Waals surface area contributed by atoms with Gasteiger partial charge in [0.2, 0.25) is 0 Å². The van der Waals surface area contributed by atoms with Crippen molar-refractivity contribution in [1.29, 1.82) is 0 Å². The standard InChI is InChI=1S/5ClHO4.Cr.Pb/c5*2-1(3,4)5;;/h5*(H,2,3,4,5);;/q;;;;;+3;+2/p-5. The Morgan fingerprint density at radius 3 is 0.222 bits per heavy atom. The number of halogens is 5. The molecule has 0 spiro atoms. The van der Waals surface area contributed by atoms with E-state index in [1.165, 1.54) is 0 Å². The Morgan fingerprint density at radius 2 is 0.222 bits per heavy atom. The van der Waals surface area contributed by atoms with Gasteiger partial charge in [0.1, 0.15) is 0 Å².